The van der Waals surface area contributed by atoms with Gasteiger partial charge >= 0.3 is 0 Å². The van der Waals surface area contributed by atoms with Crippen molar-refractivity contribution in [2.24, 2.45) is 5.92 Å². The highest BCUT2D eigenvalue weighted by Gasteiger charge is 2.63. The fourth-order valence-corrected chi connectivity index (χ4v) is 6.67. The van der Waals surface area contributed by atoms with Crippen LogP contribution in [0.5, 0.6) is 0 Å². The van der Waals surface area contributed by atoms with Crippen LogP contribution in [0.15, 0.2) is 48.5 Å². The summed E-state index contributed by atoms with van der Waals surface area (Å²) < 4.78 is 0. The second kappa shape index (κ2) is 6.12. The van der Waals surface area contributed by atoms with Crippen molar-refractivity contribution in [2.75, 3.05) is 18.4 Å². The van der Waals surface area contributed by atoms with Gasteiger partial charge in [-0.1, -0.05) is 30.3 Å². The Labute approximate surface area is 178 Å². The lowest BCUT2D eigenvalue weighted by atomic mass is 9.48. The van der Waals surface area contributed by atoms with E-state index in [0.717, 1.165) is 25.4 Å². The Bertz CT molecular complexity index is 1090. The molecule has 2 aromatic carbocycles. The lowest BCUT2D eigenvalue weighted by molar-refractivity contribution is -0.174. The predicted octanol–water partition coefficient (Wildman–Crippen LogP) is 4.44. The number of aromatic amines is 1. The number of rotatable bonds is 4. The molecule has 2 bridgehead atoms. The molecule has 0 radical (unpaired) electrons. The Morgan fingerprint density at radius 2 is 1.77 bits per heavy atom. The smallest absolute Gasteiger partial charge is 0.0764 e. The predicted molar refractivity (Wildman–Crippen MR) is 122 cm³/mol. The standard InChI is InChI=1S/C26H30N4/c1-16-10-22-21-4-2-3-5-23(21)29-24(22)25(30(16)26-11-17(12-26)13-26)18-6-8-19(9-7-18)28-20-14-27-15-20/h2-9,16-17,20,25,27-29H,10-15H2,1H3/t16-,17?,25-,26?/m1/s1. The molecule has 154 valence electrons. The molecule has 1 saturated heterocycles. The van der Waals surface area contributed by atoms with E-state index in [-0.39, 0.29) is 0 Å². The minimum atomic E-state index is 0.330. The largest absolute Gasteiger partial charge is 0.380 e. The monoisotopic (exact) mass is 398 g/mol. The molecular formula is C26H30N4. The summed E-state index contributed by atoms with van der Waals surface area (Å²) in [5, 5.41) is 8.40. The van der Waals surface area contributed by atoms with E-state index >= 15 is 0 Å². The fourth-order valence-electron chi connectivity index (χ4n) is 6.67. The molecule has 4 nitrogen and oxygen atoms in total. The lowest BCUT2D eigenvalue weighted by Gasteiger charge is -2.70. The normalized spacial score (nSPS) is 32.8. The zero-order valence-corrected chi connectivity index (χ0v) is 17.6. The van der Waals surface area contributed by atoms with E-state index in [1.165, 1.54) is 52.7 Å². The number of H-pyrrole nitrogens is 1. The van der Waals surface area contributed by atoms with Gasteiger partial charge in [0.15, 0.2) is 0 Å². The van der Waals surface area contributed by atoms with Gasteiger partial charge in [0.25, 0.3) is 0 Å². The summed E-state index contributed by atoms with van der Waals surface area (Å²) >= 11 is 0. The van der Waals surface area contributed by atoms with Crippen LogP contribution in [0.2, 0.25) is 0 Å². The van der Waals surface area contributed by atoms with Crippen LogP contribution in [0.1, 0.15) is 49.0 Å². The molecule has 2 aliphatic heterocycles. The van der Waals surface area contributed by atoms with E-state index in [1.807, 2.05) is 0 Å². The highest BCUT2D eigenvalue weighted by atomic mass is 15.3. The molecule has 2 atom stereocenters. The van der Waals surface area contributed by atoms with Crippen LogP contribution in [0.25, 0.3) is 10.9 Å². The van der Waals surface area contributed by atoms with Gasteiger partial charge in [0.2, 0.25) is 0 Å². The maximum atomic E-state index is 3.85. The molecule has 3 heterocycles. The summed E-state index contributed by atoms with van der Waals surface area (Å²) in [5.41, 5.74) is 7.36. The van der Waals surface area contributed by atoms with Crippen LogP contribution in [-0.4, -0.2) is 40.6 Å². The van der Waals surface area contributed by atoms with Crippen molar-refractivity contribution in [3.05, 3.63) is 65.4 Å². The molecule has 3 aliphatic carbocycles. The molecule has 0 amide bonds. The Hall–Kier alpha value is -2.30. The van der Waals surface area contributed by atoms with Gasteiger partial charge in [-0.3, -0.25) is 4.90 Å². The summed E-state index contributed by atoms with van der Waals surface area (Å²) in [4.78, 5) is 6.74. The van der Waals surface area contributed by atoms with Crippen molar-refractivity contribution in [1.29, 1.82) is 0 Å². The molecule has 3 N–H and O–H groups in total. The van der Waals surface area contributed by atoms with Gasteiger partial charge in [0, 0.05) is 47.0 Å². The van der Waals surface area contributed by atoms with E-state index in [4.69, 9.17) is 0 Å². The first kappa shape index (κ1) is 17.4. The van der Waals surface area contributed by atoms with Gasteiger partial charge in [-0.15, -0.1) is 0 Å². The SMILES string of the molecule is C[C@@H]1Cc2c([nH]c3ccccc23)[C@@H](c2ccc(NC3CNC3)cc2)N1C12CC(C1)C2. The summed E-state index contributed by atoms with van der Waals surface area (Å²) in [6.45, 7) is 4.59. The average molecular weight is 399 g/mol. The third-order valence-electron chi connectivity index (χ3n) is 8.30. The molecule has 3 saturated carbocycles. The van der Waals surface area contributed by atoms with Crippen molar-refractivity contribution in [1.82, 2.24) is 15.2 Å². The third-order valence-corrected chi connectivity index (χ3v) is 8.30. The average Bonchev–Trinajstić information content (AvgIpc) is 3.02. The summed E-state index contributed by atoms with van der Waals surface area (Å²) in [7, 11) is 0. The third kappa shape index (κ3) is 2.35. The van der Waals surface area contributed by atoms with Gasteiger partial charge < -0.3 is 15.6 Å². The van der Waals surface area contributed by atoms with Crippen LogP contribution < -0.4 is 10.6 Å². The van der Waals surface area contributed by atoms with Crippen molar-refractivity contribution in [3.8, 4) is 0 Å². The van der Waals surface area contributed by atoms with Gasteiger partial charge in [-0.2, -0.15) is 0 Å². The zero-order valence-electron chi connectivity index (χ0n) is 17.6. The van der Waals surface area contributed by atoms with E-state index in [1.54, 1.807) is 0 Å². The summed E-state index contributed by atoms with van der Waals surface area (Å²) in [6.07, 6.45) is 5.35. The first-order chi connectivity index (χ1) is 14.7. The molecule has 4 heteroatoms. The van der Waals surface area contributed by atoms with Crippen molar-refractivity contribution < 1.29 is 0 Å². The molecule has 30 heavy (non-hydrogen) atoms. The van der Waals surface area contributed by atoms with Crippen LogP contribution in [0.3, 0.4) is 0 Å². The van der Waals surface area contributed by atoms with Crippen LogP contribution >= 0.6 is 0 Å². The first-order valence-corrected chi connectivity index (χ1v) is 11.7. The van der Waals surface area contributed by atoms with E-state index in [9.17, 15) is 0 Å². The highest BCUT2D eigenvalue weighted by Crippen LogP contribution is 2.64. The summed E-state index contributed by atoms with van der Waals surface area (Å²) in [6, 6.07) is 19.6. The summed E-state index contributed by atoms with van der Waals surface area (Å²) in [5.74, 6) is 0.990. The maximum absolute atomic E-state index is 3.85. The molecule has 0 spiro atoms. The number of benzene rings is 2. The lowest BCUT2D eigenvalue weighted by Crippen LogP contribution is -2.71. The molecule has 4 fully saturated rings. The quantitative estimate of drug-likeness (QED) is 0.609. The zero-order chi connectivity index (χ0) is 19.9. The van der Waals surface area contributed by atoms with Crippen LogP contribution in [0, 0.1) is 5.92 Å². The molecule has 8 rings (SSSR count). The van der Waals surface area contributed by atoms with Crippen molar-refractivity contribution in [3.63, 3.8) is 0 Å². The molecule has 3 aromatic rings. The number of hydrogen-bond acceptors (Lipinski definition) is 3. The van der Waals surface area contributed by atoms with Crippen LogP contribution in [-0.2, 0) is 6.42 Å². The van der Waals surface area contributed by atoms with Crippen molar-refractivity contribution in [2.45, 2.75) is 56.3 Å². The Morgan fingerprint density at radius 3 is 2.43 bits per heavy atom. The number of nitrogens with zero attached hydrogens (tertiary/aromatic N) is 1. The number of aromatic nitrogens is 1. The van der Waals surface area contributed by atoms with Gasteiger partial charge in [0.1, 0.15) is 0 Å². The minimum absolute atomic E-state index is 0.330. The Kier molecular flexibility index (Phi) is 3.54. The topological polar surface area (TPSA) is 43.1 Å². The number of nitrogens with one attached hydrogen (secondary N) is 3. The molecule has 1 aromatic heterocycles. The van der Waals surface area contributed by atoms with Gasteiger partial charge in [0.05, 0.1) is 12.1 Å². The number of fused-ring (bicyclic) bond motifs is 3. The molecule has 5 aliphatic rings. The van der Waals surface area contributed by atoms with E-state index < -0.39 is 0 Å². The second-order valence-electron chi connectivity index (χ2n) is 10.3. The van der Waals surface area contributed by atoms with Gasteiger partial charge in [-0.25, -0.2) is 0 Å². The highest BCUT2D eigenvalue weighted by molar-refractivity contribution is 5.85. The number of hydrogen-bond donors (Lipinski definition) is 3. The maximum Gasteiger partial charge on any atom is 0.0764 e. The van der Waals surface area contributed by atoms with Crippen LogP contribution in [0.4, 0.5) is 5.69 Å². The minimum Gasteiger partial charge on any atom is -0.380 e. The molecular weight excluding hydrogens is 368 g/mol. The van der Waals surface area contributed by atoms with E-state index in [2.05, 4.69) is 76.0 Å². The Morgan fingerprint density at radius 1 is 1.00 bits per heavy atom. The molecule has 0 unspecified atom stereocenters. The fraction of sp³-hybridized carbons (Fsp3) is 0.462. The number of para-hydroxylation sites is 1. The van der Waals surface area contributed by atoms with E-state index in [0.29, 0.717) is 23.7 Å². The first-order valence-electron chi connectivity index (χ1n) is 11.7. The Balaban J connectivity index is 1.33. The number of anilines is 1. The van der Waals surface area contributed by atoms with Crippen molar-refractivity contribution >= 4 is 16.6 Å². The second-order valence-corrected chi connectivity index (χ2v) is 10.3. The van der Waals surface area contributed by atoms with Gasteiger partial charge in [-0.05, 0) is 67.9 Å².